The lowest BCUT2D eigenvalue weighted by atomic mass is 9.97. The Labute approximate surface area is 478 Å². The van der Waals surface area contributed by atoms with Gasteiger partial charge >= 0.3 is 0 Å². The third-order valence-electron chi connectivity index (χ3n) is 15.2. The van der Waals surface area contributed by atoms with Gasteiger partial charge in [0.1, 0.15) is 48.8 Å². The van der Waals surface area contributed by atoms with E-state index in [1.54, 1.807) is 0 Å². The zero-order chi connectivity index (χ0) is 57.4. The number of carbonyl (C=O) groups is 1. The molecule has 12 unspecified atom stereocenters. The maximum Gasteiger partial charge on any atom is 0.220 e. The summed E-state index contributed by atoms with van der Waals surface area (Å²) in [6, 6.07) is -0.833. The fourth-order valence-electron chi connectivity index (χ4n) is 10.1. The topological polar surface area (TPSA) is 228 Å². The molecule has 2 heterocycles. The van der Waals surface area contributed by atoms with Gasteiger partial charge in [-0.25, -0.2) is 0 Å². The van der Waals surface area contributed by atoms with Gasteiger partial charge < -0.3 is 65.1 Å². The molecule has 2 saturated heterocycles. The molecule has 12 atom stereocenters. The van der Waals surface area contributed by atoms with Gasteiger partial charge in [-0.2, -0.15) is 0 Å². The average molecular weight is 1120 g/mol. The molecule has 2 fully saturated rings. The number of hydrogen-bond acceptors (Lipinski definition) is 13. The molecule has 0 aromatic rings. The van der Waals surface area contributed by atoms with Crippen molar-refractivity contribution in [3.63, 3.8) is 0 Å². The number of nitrogens with one attached hydrogen (secondary N) is 1. The van der Waals surface area contributed by atoms with Crippen molar-refractivity contribution >= 4 is 5.91 Å². The minimum atomic E-state index is -1.78. The maximum absolute atomic E-state index is 13.3. The van der Waals surface area contributed by atoms with Gasteiger partial charge in [0.2, 0.25) is 5.91 Å². The number of unbranched alkanes of at least 4 members (excludes halogenated alkanes) is 25. The smallest absolute Gasteiger partial charge is 0.220 e. The van der Waals surface area contributed by atoms with Crippen molar-refractivity contribution in [3.05, 3.63) is 72.9 Å². The predicted molar refractivity (Wildman–Crippen MR) is 318 cm³/mol. The Kier molecular flexibility index (Phi) is 45.9. The van der Waals surface area contributed by atoms with Gasteiger partial charge in [-0.1, -0.05) is 241 Å². The van der Waals surface area contributed by atoms with E-state index >= 15 is 0 Å². The molecule has 79 heavy (non-hydrogen) atoms. The van der Waals surface area contributed by atoms with Crippen molar-refractivity contribution in [2.24, 2.45) is 0 Å². The van der Waals surface area contributed by atoms with Crippen LogP contribution in [0.3, 0.4) is 0 Å². The van der Waals surface area contributed by atoms with E-state index in [4.69, 9.17) is 18.9 Å². The Morgan fingerprint density at radius 1 is 0.468 bits per heavy atom. The van der Waals surface area contributed by atoms with E-state index in [9.17, 15) is 45.6 Å². The predicted octanol–water partition coefficient (Wildman–Crippen LogP) is 11.5. The number of rotatable bonds is 50. The molecule has 14 heteroatoms. The summed E-state index contributed by atoms with van der Waals surface area (Å²) in [6.07, 6.45) is 49.0. The summed E-state index contributed by atoms with van der Waals surface area (Å²) in [7, 11) is 0. The van der Waals surface area contributed by atoms with Crippen molar-refractivity contribution in [2.75, 3.05) is 19.8 Å². The molecule has 0 aliphatic carbocycles. The van der Waals surface area contributed by atoms with E-state index in [1.165, 1.54) is 116 Å². The second kappa shape index (κ2) is 50.0. The fraction of sp³-hybridized carbons (Fsp3) is 0.800. The number of ether oxygens (including phenoxy) is 4. The molecule has 0 aromatic carbocycles. The second-order valence-corrected chi connectivity index (χ2v) is 22.2. The van der Waals surface area contributed by atoms with Crippen LogP contribution in [-0.2, 0) is 23.7 Å². The minimum Gasteiger partial charge on any atom is -0.394 e. The van der Waals surface area contributed by atoms with Crippen LogP contribution in [-0.4, -0.2) is 140 Å². The molecule has 0 bridgehead atoms. The van der Waals surface area contributed by atoms with Crippen LogP contribution in [0.4, 0.5) is 0 Å². The third kappa shape index (κ3) is 35.2. The van der Waals surface area contributed by atoms with Crippen LogP contribution in [0.1, 0.15) is 239 Å². The molecule has 0 radical (unpaired) electrons. The summed E-state index contributed by atoms with van der Waals surface area (Å²) in [4.78, 5) is 13.3. The van der Waals surface area contributed by atoms with E-state index in [1.807, 2.05) is 0 Å². The number of aliphatic hydroxyl groups excluding tert-OH is 8. The lowest BCUT2D eigenvalue weighted by Crippen LogP contribution is -2.65. The van der Waals surface area contributed by atoms with Crippen molar-refractivity contribution in [2.45, 2.75) is 312 Å². The Bertz CT molecular complexity index is 1600. The standard InChI is InChI=1S/C65H115NO13/c1-3-5-7-9-11-13-15-17-19-20-21-22-23-24-25-26-27-28-29-30-31-32-33-34-35-37-39-41-43-45-47-49-57(70)66-53(54(69)48-46-44-42-40-38-36-18-16-14-12-10-8-6-4-2)52-76-64-62(75)60(73)63(56(51-68)78-64)79-65-61(74)59(72)58(71)55(50-67)77-65/h5,7,11,13,17,19,21-22,24-25,27-28,53-56,58-65,67-69,71-75H,3-4,6,8-10,12,14-16,18,20,23,26,29-52H2,1-2H3,(H,66,70)/b7-5-,13-11-,19-17-,22-21-,25-24-,28-27-. The van der Waals surface area contributed by atoms with E-state index in [0.29, 0.717) is 12.8 Å². The Morgan fingerprint density at radius 2 is 0.873 bits per heavy atom. The van der Waals surface area contributed by atoms with Crippen molar-refractivity contribution in [1.29, 1.82) is 0 Å². The molecule has 0 spiro atoms. The highest BCUT2D eigenvalue weighted by Gasteiger charge is 2.51. The van der Waals surface area contributed by atoms with Gasteiger partial charge in [0.25, 0.3) is 0 Å². The number of amides is 1. The monoisotopic (exact) mass is 1120 g/mol. The molecule has 1 amide bonds. The first-order chi connectivity index (χ1) is 38.6. The number of aliphatic hydroxyl groups is 8. The van der Waals surface area contributed by atoms with Crippen molar-refractivity contribution < 1.29 is 64.6 Å². The summed E-state index contributed by atoms with van der Waals surface area (Å²) >= 11 is 0. The first kappa shape index (κ1) is 72.5. The van der Waals surface area contributed by atoms with E-state index in [2.05, 4.69) is 92.1 Å². The first-order valence-corrected chi connectivity index (χ1v) is 31.7. The lowest BCUT2D eigenvalue weighted by molar-refractivity contribution is -0.359. The van der Waals surface area contributed by atoms with Crippen LogP contribution in [0.2, 0.25) is 0 Å². The molecule has 2 aliphatic rings. The van der Waals surface area contributed by atoms with Crippen molar-refractivity contribution in [3.8, 4) is 0 Å². The highest BCUT2D eigenvalue weighted by molar-refractivity contribution is 5.76. The molecule has 0 aromatic heterocycles. The minimum absolute atomic E-state index is 0.211. The molecular weight excluding hydrogens is 1000 g/mol. The number of hydrogen-bond donors (Lipinski definition) is 9. The van der Waals surface area contributed by atoms with Crippen LogP contribution < -0.4 is 5.32 Å². The zero-order valence-corrected chi connectivity index (χ0v) is 49.3. The highest BCUT2D eigenvalue weighted by Crippen LogP contribution is 2.30. The molecule has 14 nitrogen and oxygen atoms in total. The number of allylic oxidation sites excluding steroid dienone is 12. The fourth-order valence-corrected chi connectivity index (χ4v) is 10.1. The largest absolute Gasteiger partial charge is 0.394 e. The molecule has 2 aliphatic heterocycles. The van der Waals surface area contributed by atoms with Crippen LogP contribution in [0.5, 0.6) is 0 Å². The quantitative estimate of drug-likeness (QED) is 0.0204. The Morgan fingerprint density at radius 3 is 1.34 bits per heavy atom. The van der Waals surface area contributed by atoms with E-state index < -0.39 is 86.8 Å². The Hall–Kier alpha value is -2.57. The maximum atomic E-state index is 13.3. The Balaban J connectivity index is 1.67. The summed E-state index contributed by atoms with van der Waals surface area (Å²) in [5, 5.41) is 87.3. The zero-order valence-electron chi connectivity index (χ0n) is 49.3. The third-order valence-corrected chi connectivity index (χ3v) is 15.2. The van der Waals surface area contributed by atoms with Crippen LogP contribution in [0.25, 0.3) is 0 Å². The van der Waals surface area contributed by atoms with Gasteiger partial charge in [-0.15, -0.1) is 0 Å². The van der Waals surface area contributed by atoms with Gasteiger partial charge in [0.15, 0.2) is 12.6 Å². The SMILES string of the molecule is CC/C=C\C/C=C\C/C=C\C/C=C\C/C=C\C/C=C\CCCCCCCCCCCCCCC(=O)NC(COC1OC(CO)C(OC2OC(CO)C(O)C(O)C2O)C(O)C1O)C(O)CCCCCCCCCCCCCCCC. The van der Waals surface area contributed by atoms with Gasteiger partial charge in [-0.3, -0.25) is 4.79 Å². The molecule has 0 saturated carbocycles. The summed E-state index contributed by atoms with van der Waals surface area (Å²) in [5.41, 5.74) is 0. The van der Waals surface area contributed by atoms with E-state index in [-0.39, 0.29) is 12.5 Å². The highest BCUT2D eigenvalue weighted by atomic mass is 16.7. The van der Waals surface area contributed by atoms with Crippen LogP contribution in [0.15, 0.2) is 72.9 Å². The summed E-state index contributed by atoms with van der Waals surface area (Å²) in [6.45, 7) is 2.75. The van der Waals surface area contributed by atoms with Crippen LogP contribution >= 0.6 is 0 Å². The molecule has 458 valence electrons. The summed E-state index contributed by atoms with van der Waals surface area (Å²) in [5.74, 6) is -0.211. The summed E-state index contributed by atoms with van der Waals surface area (Å²) < 4.78 is 22.8. The first-order valence-electron chi connectivity index (χ1n) is 31.7. The average Bonchev–Trinajstić information content (AvgIpc) is 3.55. The van der Waals surface area contributed by atoms with Crippen molar-refractivity contribution in [1.82, 2.24) is 5.32 Å². The normalized spacial score (nSPS) is 24.9. The van der Waals surface area contributed by atoms with Gasteiger partial charge in [-0.05, 0) is 64.2 Å². The second-order valence-electron chi connectivity index (χ2n) is 22.2. The van der Waals surface area contributed by atoms with E-state index in [0.717, 1.165) is 96.3 Å². The molecule has 9 N–H and O–H groups in total. The lowest BCUT2D eigenvalue weighted by Gasteiger charge is -2.46. The van der Waals surface area contributed by atoms with Crippen LogP contribution in [0, 0.1) is 0 Å². The van der Waals surface area contributed by atoms with Gasteiger partial charge in [0, 0.05) is 6.42 Å². The number of carbonyl (C=O) groups excluding carboxylic acids is 1. The molecular formula is C65H115NO13. The van der Waals surface area contributed by atoms with Gasteiger partial charge in [0.05, 0.1) is 32.0 Å². The molecule has 2 rings (SSSR count).